The number of aryl methyl sites for hydroxylation is 2. The Morgan fingerprint density at radius 3 is 2.48 bits per heavy atom. The SMILES string of the molecule is Cc1ccc(C(=O)O)cc1-n1c(C)cc(CN2CC[C@](N)(C(=O)O)C2)c1C. The third-order valence-electron chi connectivity index (χ3n) is 5.43. The Bertz CT molecular complexity index is 918. The highest BCUT2D eigenvalue weighted by molar-refractivity contribution is 5.88. The van der Waals surface area contributed by atoms with E-state index in [-0.39, 0.29) is 5.56 Å². The lowest BCUT2D eigenvalue weighted by molar-refractivity contribution is -0.142. The topological polar surface area (TPSA) is 109 Å². The predicted octanol–water partition coefficient (Wildman–Crippen LogP) is 2.09. The van der Waals surface area contributed by atoms with Crippen LogP contribution in [0.3, 0.4) is 0 Å². The van der Waals surface area contributed by atoms with E-state index in [1.807, 2.05) is 26.8 Å². The first-order chi connectivity index (χ1) is 12.6. The molecule has 0 unspecified atom stereocenters. The molecule has 27 heavy (non-hydrogen) atoms. The summed E-state index contributed by atoms with van der Waals surface area (Å²) in [5, 5.41) is 18.6. The Balaban J connectivity index is 1.92. The lowest BCUT2D eigenvalue weighted by atomic mass is 10.0. The summed E-state index contributed by atoms with van der Waals surface area (Å²) in [4.78, 5) is 24.7. The minimum absolute atomic E-state index is 0.249. The molecule has 7 nitrogen and oxygen atoms in total. The molecule has 1 aromatic carbocycles. The summed E-state index contributed by atoms with van der Waals surface area (Å²) >= 11 is 0. The van der Waals surface area contributed by atoms with E-state index in [4.69, 9.17) is 5.73 Å². The number of benzene rings is 1. The van der Waals surface area contributed by atoms with Crippen molar-refractivity contribution < 1.29 is 19.8 Å². The average molecular weight is 371 g/mol. The number of nitrogens with two attached hydrogens (primary N) is 1. The van der Waals surface area contributed by atoms with Crippen LogP contribution in [0.5, 0.6) is 0 Å². The Morgan fingerprint density at radius 1 is 1.19 bits per heavy atom. The lowest BCUT2D eigenvalue weighted by Crippen LogP contribution is -2.50. The Hall–Kier alpha value is -2.64. The van der Waals surface area contributed by atoms with Gasteiger partial charge in [-0.05, 0) is 56.5 Å². The molecule has 2 heterocycles. The van der Waals surface area contributed by atoms with Gasteiger partial charge in [0.1, 0.15) is 5.54 Å². The number of carbonyl (C=O) groups is 2. The monoisotopic (exact) mass is 371 g/mol. The molecule has 0 radical (unpaired) electrons. The van der Waals surface area contributed by atoms with Crippen molar-refractivity contribution >= 4 is 11.9 Å². The summed E-state index contributed by atoms with van der Waals surface area (Å²) in [6.45, 7) is 7.51. The van der Waals surface area contributed by atoms with Crippen molar-refractivity contribution in [3.63, 3.8) is 0 Å². The Morgan fingerprint density at radius 2 is 1.89 bits per heavy atom. The van der Waals surface area contributed by atoms with Crippen LogP contribution in [-0.4, -0.2) is 50.2 Å². The Labute approximate surface area is 158 Å². The summed E-state index contributed by atoms with van der Waals surface area (Å²) in [7, 11) is 0. The van der Waals surface area contributed by atoms with Gasteiger partial charge in [-0.1, -0.05) is 6.07 Å². The molecule has 1 aromatic heterocycles. The summed E-state index contributed by atoms with van der Waals surface area (Å²) in [6, 6.07) is 7.17. The number of aromatic carboxylic acids is 1. The molecule has 1 saturated heterocycles. The second-order valence-corrected chi connectivity index (χ2v) is 7.46. The number of carboxylic acid groups (broad SMARTS) is 2. The number of hydrogen-bond acceptors (Lipinski definition) is 4. The number of carboxylic acids is 2. The zero-order chi connectivity index (χ0) is 19.9. The predicted molar refractivity (Wildman–Crippen MR) is 101 cm³/mol. The summed E-state index contributed by atoms with van der Waals surface area (Å²) in [5.74, 6) is -1.92. The highest BCUT2D eigenvalue weighted by Gasteiger charge is 2.41. The van der Waals surface area contributed by atoms with Crippen LogP contribution in [-0.2, 0) is 11.3 Å². The minimum atomic E-state index is -1.18. The van der Waals surface area contributed by atoms with Gasteiger partial charge in [0.2, 0.25) is 0 Å². The lowest BCUT2D eigenvalue weighted by Gasteiger charge is -2.20. The van der Waals surface area contributed by atoms with E-state index in [2.05, 4.69) is 15.5 Å². The van der Waals surface area contributed by atoms with Gasteiger partial charge in [0.25, 0.3) is 0 Å². The molecule has 1 aliphatic rings. The molecule has 4 N–H and O–H groups in total. The van der Waals surface area contributed by atoms with Gasteiger partial charge in [-0.3, -0.25) is 9.69 Å². The molecule has 0 bridgehead atoms. The number of nitrogens with zero attached hydrogens (tertiary/aromatic N) is 2. The molecule has 7 heteroatoms. The van der Waals surface area contributed by atoms with Crippen LogP contribution in [0.25, 0.3) is 5.69 Å². The van der Waals surface area contributed by atoms with E-state index in [0.717, 1.165) is 28.2 Å². The van der Waals surface area contributed by atoms with Crippen LogP contribution in [0.4, 0.5) is 0 Å². The quantitative estimate of drug-likeness (QED) is 0.743. The average Bonchev–Trinajstić information content (AvgIpc) is 3.10. The van der Waals surface area contributed by atoms with Crippen molar-refractivity contribution in [1.29, 1.82) is 0 Å². The molecule has 144 valence electrons. The number of rotatable bonds is 5. The first kappa shape index (κ1) is 19.1. The van der Waals surface area contributed by atoms with Crippen LogP contribution in [0.1, 0.15) is 39.3 Å². The van der Waals surface area contributed by atoms with E-state index in [9.17, 15) is 19.8 Å². The maximum atomic E-state index is 11.4. The van der Waals surface area contributed by atoms with Gasteiger partial charge in [0.05, 0.1) is 5.56 Å². The molecule has 1 atom stereocenters. The van der Waals surface area contributed by atoms with Gasteiger partial charge in [0, 0.05) is 36.7 Å². The van der Waals surface area contributed by atoms with Crippen molar-refractivity contribution in [2.45, 2.75) is 39.3 Å². The van der Waals surface area contributed by atoms with Crippen LogP contribution in [0.2, 0.25) is 0 Å². The number of hydrogen-bond donors (Lipinski definition) is 3. The second kappa shape index (κ2) is 6.83. The molecule has 0 saturated carbocycles. The van der Waals surface area contributed by atoms with Gasteiger partial charge >= 0.3 is 11.9 Å². The highest BCUT2D eigenvalue weighted by atomic mass is 16.4. The maximum Gasteiger partial charge on any atom is 0.335 e. The Kier molecular flexibility index (Phi) is 4.84. The fourth-order valence-electron chi connectivity index (χ4n) is 3.81. The third-order valence-corrected chi connectivity index (χ3v) is 5.43. The van der Waals surface area contributed by atoms with Crippen LogP contribution in [0.15, 0.2) is 24.3 Å². The molecular weight excluding hydrogens is 346 g/mol. The molecule has 0 amide bonds. The summed E-state index contributed by atoms with van der Waals surface area (Å²) < 4.78 is 2.06. The summed E-state index contributed by atoms with van der Waals surface area (Å²) in [5.41, 5.74) is 9.98. The molecule has 3 rings (SSSR count). The van der Waals surface area contributed by atoms with E-state index in [0.29, 0.717) is 26.1 Å². The number of aliphatic carboxylic acids is 1. The fraction of sp³-hybridized carbons (Fsp3) is 0.400. The zero-order valence-electron chi connectivity index (χ0n) is 15.8. The van der Waals surface area contributed by atoms with Gasteiger partial charge in [-0.25, -0.2) is 4.79 Å². The molecule has 0 aliphatic carbocycles. The minimum Gasteiger partial charge on any atom is -0.480 e. The van der Waals surface area contributed by atoms with E-state index < -0.39 is 17.5 Å². The van der Waals surface area contributed by atoms with Crippen LogP contribution < -0.4 is 5.73 Å². The van der Waals surface area contributed by atoms with Gasteiger partial charge < -0.3 is 20.5 Å². The largest absolute Gasteiger partial charge is 0.480 e. The van der Waals surface area contributed by atoms with E-state index in [1.165, 1.54) is 0 Å². The van der Waals surface area contributed by atoms with Gasteiger partial charge in [-0.2, -0.15) is 0 Å². The van der Waals surface area contributed by atoms with E-state index >= 15 is 0 Å². The van der Waals surface area contributed by atoms with Crippen LogP contribution >= 0.6 is 0 Å². The third kappa shape index (κ3) is 3.48. The fourth-order valence-corrected chi connectivity index (χ4v) is 3.81. The standard InChI is InChI=1S/C20H25N3O4/c1-12-4-5-15(18(24)25)9-17(12)23-13(2)8-16(14(23)3)10-22-7-6-20(21,11-22)19(26)27/h4-5,8-9H,6-7,10-11,21H2,1-3H3,(H,24,25)(H,26,27)/t20-/m1/s1. The molecule has 1 fully saturated rings. The van der Waals surface area contributed by atoms with Crippen molar-refractivity contribution in [3.8, 4) is 5.69 Å². The van der Waals surface area contributed by atoms with Crippen molar-refractivity contribution in [2.75, 3.05) is 13.1 Å². The highest BCUT2D eigenvalue weighted by Crippen LogP contribution is 2.27. The van der Waals surface area contributed by atoms with Crippen molar-refractivity contribution in [1.82, 2.24) is 9.47 Å². The molecule has 0 spiro atoms. The maximum absolute atomic E-state index is 11.4. The van der Waals surface area contributed by atoms with E-state index in [1.54, 1.807) is 12.1 Å². The normalized spacial score (nSPS) is 20.1. The molecule has 2 aromatic rings. The molecule has 1 aliphatic heterocycles. The zero-order valence-corrected chi connectivity index (χ0v) is 15.8. The molecular formula is C20H25N3O4. The first-order valence-corrected chi connectivity index (χ1v) is 8.89. The van der Waals surface area contributed by atoms with Gasteiger partial charge in [-0.15, -0.1) is 0 Å². The smallest absolute Gasteiger partial charge is 0.335 e. The number of likely N-dealkylation sites (tertiary alicyclic amines) is 1. The van der Waals surface area contributed by atoms with Crippen LogP contribution in [0, 0.1) is 20.8 Å². The summed E-state index contributed by atoms with van der Waals surface area (Å²) in [6.07, 6.45) is 0.431. The van der Waals surface area contributed by atoms with Crippen molar-refractivity contribution in [3.05, 3.63) is 52.3 Å². The first-order valence-electron chi connectivity index (χ1n) is 8.89. The number of aromatic nitrogens is 1. The second-order valence-electron chi connectivity index (χ2n) is 7.46. The van der Waals surface area contributed by atoms with Gasteiger partial charge in [0.15, 0.2) is 0 Å². The van der Waals surface area contributed by atoms with Crippen molar-refractivity contribution in [2.24, 2.45) is 5.73 Å².